The highest BCUT2D eigenvalue weighted by Gasteiger charge is 2.41. The molecule has 0 bridgehead atoms. The van der Waals surface area contributed by atoms with E-state index in [0.29, 0.717) is 16.7 Å². The monoisotopic (exact) mass is 704 g/mol. The number of aryl methyl sites for hydroxylation is 2. The molecule has 2 aromatic carbocycles. The largest absolute Gasteiger partial charge is 0.508 e. The Labute approximate surface area is 293 Å². The molecule has 0 aliphatic heterocycles. The van der Waals surface area contributed by atoms with Crippen LogP contribution in [0.4, 0.5) is 4.79 Å². The summed E-state index contributed by atoms with van der Waals surface area (Å²) in [5.41, 5.74) is 7.77. The van der Waals surface area contributed by atoms with Gasteiger partial charge in [-0.15, -0.1) is 0 Å². The molecule has 48 heavy (non-hydrogen) atoms. The molecule has 14 heteroatoms. The van der Waals surface area contributed by atoms with Gasteiger partial charge in [-0.1, -0.05) is 37.3 Å². The minimum Gasteiger partial charge on any atom is -0.508 e. The fraction of sp³-hybridized carbons (Fsp3) is 0.500. The van der Waals surface area contributed by atoms with Crippen LogP contribution >= 0.6 is 25.3 Å². The van der Waals surface area contributed by atoms with E-state index >= 15 is 0 Å². The predicted molar refractivity (Wildman–Crippen MR) is 189 cm³/mol. The van der Waals surface area contributed by atoms with Crippen molar-refractivity contribution in [2.24, 2.45) is 5.73 Å². The number of alkyl carbamates (subject to hydrolysis) is 1. The molecule has 2 aromatic rings. The Kier molecular flexibility index (Phi) is 14.8. The van der Waals surface area contributed by atoms with Gasteiger partial charge in [0.25, 0.3) is 0 Å². The number of rotatable bonds is 14. The maximum absolute atomic E-state index is 13.7. The number of amides is 3. The molecule has 12 nitrogen and oxygen atoms in total. The first kappa shape index (κ1) is 40.4. The van der Waals surface area contributed by atoms with Gasteiger partial charge in [-0.05, 0) is 88.8 Å². The Hall–Kier alpha value is -3.75. The van der Waals surface area contributed by atoms with E-state index in [9.17, 15) is 29.1 Å². The molecule has 2 unspecified atom stereocenters. The normalized spacial score (nSPS) is 15.1. The van der Waals surface area contributed by atoms with Gasteiger partial charge in [-0.2, -0.15) is 25.3 Å². The summed E-state index contributed by atoms with van der Waals surface area (Å²) in [6.07, 6.45) is -0.436. The minimum absolute atomic E-state index is 0.00443. The van der Waals surface area contributed by atoms with Crippen LogP contribution in [0.2, 0.25) is 0 Å². The van der Waals surface area contributed by atoms with Crippen molar-refractivity contribution in [2.75, 3.05) is 5.75 Å². The molecule has 0 aromatic heterocycles. The van der Waals surface area contributed by atoms with Gasteiger partial charge < -0.3 is 36.3 Å². The smallest absolute Gasteiger partial charge is 0.408 e. The summed E-state index contributed by atoms with van der Waals surface area (Å²) in [6.45, 7) is 11.8. The van der Waals surface area contributed by atoms with Gasteiger partial charge in [0.1, 0.15) is 35.5 Å². The van der Waals surface area contributed by atoms with Crippen LogP contribution in [-0.4, -0.2) is 75.2 Å². The van der Waals surface area contributed by atoms with Gasteiger partial charge >= 0.3 is 18.0 Å². The number of aromatic hydroxyl groups is 1. The molecule has 0 aliphatic carbocycles. The number of phenolic OH excluding ortho intramolecular Hbond substituents is 1. The highest BCUT2D eigenvalue weighted by Crippen LogP contribution is 2.26. The summed E-state index contributed by atoms with van der Waals surface area (Å²) in [5.74, 6) is -3.72. The lowest BCUT2D eigenvalue weighted by molar-refractivity contribution is -0.163. The standard InChI is InChI=1S/C34H48N4O8S2/c1-8-24(35)30(42)45-31(43)27(34(7,48)17-21-12-10-9-11-13-21)38-29(41)26(18-47)36-28(40)25(37-32(44)46-33(4,5)6)16-23-19(2)14-22(39)15-20(23)3/h9-15,24-27,39,47-48H,8,16-18,35H2,1-7H3,(H,36,40)(H,37,44)(H,38,41)/t24?,25-,26+,27-,34?/m0/s1. The van der Waals surface area contributed by atoms with Gasteiger partial charge in [0.05, 0.1) is 0 Å². The van der Waals surface area contributed by atoms with Crippen LogP contribution in [0.5, 0.6) is 5.75 Å². The highest BCUT2D eigenvalue weighted by molar-refractivity contribution is 7.82. The van der Waals surface area contributed by atoms with Crippen LogP contribution in [0.15, 0.2) is 42.5 Å². The molecule has 6 N–H and O–H groups in total. The van der Waals surface area contributed by atoms with Crippen LogP contribution in [0.1, 0.15) is 63.3 Å². The van der Waals surface area contributed by atoms with E-state index < -0.39 is 64.4 Å². The van der Waals surface area contributed by atoms with Crippen molar-refractivity contribution in [3.05, 3.63) is 64.7 Å². The zero-order valence-electron chi connectivity index (χ0n) is 28.5. The lowest BCUT2D eigenvalue weighted by Gasteiger charge is -2.33. The summed E-state index contributed by atoms with van der Waals surface area (Å²) < 4.78 is 9.15. The molecule has 3 amide bonds. The van der Waals surface area contributed by atoms with Crippen molar-refractivity contribution >= 4 is 55.1 Å². The Balaban J connectivity index is 2.38. The molecular weight excluding hydrogens is 657 g/mol. The number of phenols is 1. The third-order valence-corrected chi connectivity index (χ3v) is 8.19. The highest BCUT2D eigenvalue weighted by atomic mass is 32.1. The lowest BCUT2D eigenvalue weighted by atomic mass is 9.92. The van der Waals surface area contributed by atoms with Gasteiger partial charge in [-0.3, -0.25) is 9.59 Å². The van der Waals surface area contributed by atoms with Crippen LogP contribution in [0, 0.1) is 13.8 Å². The fourth-order valence-electron chi connectivity index (χ4n) is 4.84. The van der Waals surface area contributed by atoms with Crippen LogP contribution in [0.25, 0.3) is 0 Å². The molecule has 0 spiro atoms. The molecule has 0 aliphatic rings. The van der Waals surface area contributed by atoms with Crippen molar-refractivity contribution in [1.82, 2.24) is 16.0 Å². The predicted octanol–water partition coefficient (Wildman–Crippen LogP) is 3.08. The number of ether oxygens (including phenoxy) is 2. The topological polar surface area (TPSA) is 186 Å². The van der Waals surface area contributed by atoms with Crippen molar-refractivity contribution in [3.63, 3.8) is 0 Å². The Morgan fingerprint density at radius 1 is 0.896 bits per heavy atom. The van der Waals surface area contributed by atoms with Crippen LogP contribution in [-0.2, 0) is 41.5 Å². The molecular formula is C34H48N4O8S2. The molecule has 5 atom stereocenters. The second-order valence-corrected chi connectivity index (χ2v) is 14.3. The zero-order valence-corrected chi connectivity index (χ0v) is 30.2. The van der Waals surface area contributed by atoms with Crippen LogP contribution < -0.4 is 21.7 Å². The number of carbonyl (C=O) groups excluding carboxylic acids is 5. The second-order valence-electron chi connectivity index (χ2n) is 12.9. The summed E-state index contributed by atoms with van der Waals surface area (Å²) in [4.78, 5) is 65.9. The molecule has 0 saturated heterocycles. The third-order valence-electron chi connectivity index (χ3n) is 7.40. The number of hydrogen-bond acceptors (Lipinski definition) is 11. The minimum atomic E-state index is -1.46. The SMILES string of the molecule is CCC(N)C(=O)OC(=O)[C@H](NC(=O)[C@@H](CS)NC(=O)[C@H](Cc1c(C)cc(O)cc1C)NC(=O)OC(C)(C)C)C(C)(S)Cc1ccccc1. The fourth-order valence-corrected chi connectivity index (χ4v) is 5.45. The quantitative estimate of drug-likeness (QED) is 0.0882. The average Bonchev–Trinajstić information content (AvgIpc) is 2.98. The summed E-state index contributed by atoms with van der Waals surface area (Å²) in [7, 11) is 0. The van der Waals surface area contributed by atoms with E-state index in [4.69, 9.17) is 27.8 Å². The summed E-state index contributed by atoms with van der Waals surface area (Å²) in [5, 5.41) is 17.8. The van der Waals surface area contributed by atoms with Gasteiger partial charge in [0.2, 0.25) is 11.8 Å². The van der Waals surface area contributed by atoms with Crippen molar-refractivity contribution in [3.8, 4) is 5.75 Å². The maximum atomic E-state index is 13.7. The number of esters is 2. The Morgan fingerprint density at radius 3 is 1.98 bits per heavy atom. The third kappa shape index (κ3) is 12.4. The van der Waals surface area contributed by atoms with Crippen LogP contribution in [0.3, 0.4) is 0 Å². The van der Waals surface area contributed by atoms with Gasteiger partial charge in [0, 0.05) is 16.9 Å². The van der Waals surface area contributed by atoms with Gasteiger partial charge in [0.15, 0.2) is 0 Å². The number of nitrogens with two attached hydrogens (primary N) is 1. The van der Waals surface area contributed by atoms with E-state index in [-0.39, 0.29) is 30.8 Å². The molecule has 0 saturated carbocycles. The number of carbonyl (C=O) groups is 5. The number of nitrogens with one attached hydrogen (secondary N) is 3. The molecule has 264 valence electrons. The van der Waals surface area contributed by atoms with E-state index in [2.05, 4.69) is 28.6 Å². The summed E-state index contributed by atoms with van der Waals surface area (Å²) in [6, 6.07) is 7.15. The van der Waals surface area contributed by atoms with E-state index in [1.54, 1.807) is 48.5 Å². The molecule has 0 fully saturated rings. The summed E-state index contributed by atoms with van der Waals surface area (Å²) >= 11 is 8.98. The number of hydrogen-bond donors (Lipinski definition) is 7. The Morgan fingerprint density at radius 2 is 1.46 bits per heavy atom. The first-order chi connectivity index (χ1) is 22.3. The molecule has 2 rings (SSSR count). The number of thiol groups is 2. The van der Waals surface area contributed by atoms with Crippen molar-refractivity contribution in [1.29, 1.82) is 0 Å². The molecule has 0 radical (unpaired) electrons. The van der Waals surface area contributed by atoms with E-state index in [1.165, 1.54) is 12.1 Å². The Bertz CT molecular complexity index is 1440. The second kappa shape index (κ2) is 17.6. The first-order valence-corrected chi connectivity index (χ1v) is 16.6. The van der Waals surface area contributed by atoms with E-state index in [1.807, 2.05) is 30.3 Å². The first-order valence-electron chi connectivity index (χ1n) is 15.6. The van der Waals surface area contributed by atoms with Crippen molar-refractivity contribution in [2.45, 2.75) is 102 Å². The molecule has 0 heterocycles. The average molecular weight is 705 g/mol. The number of benzene rings is 2. The van der Waals surface area contributed by atoms with Crippen molar-refractivity contribution < 1.29 is 38.6 Å². The van der Waals surface area contributed by atoms with Gasteiger partial charge in [-0.25, -0.2) is 14.4 Å². The van der Waals surface area contributed by atoms with E-state index in [0.717, 1.165) is 5.56 Å². The maximum Gasteiger partial charge on any atom is 0.408 e. The zero-order chi connectivity index (χ0) is 36.4. The lowest BCUT2D eigenvalue weighted by Crippen LogP contribution is -2.61.